The molecule has 2 aromatic rings. The lowest BCUT2D eigenvalue weighted by atomic mass is 10.1. The van der Waals surface area contributed by atoms with Crippen molar-refractivity contribution in [3.8, 4) is 0 Å². The van der Waals surface area contributed by atoms with Gasteiger partial charge in [0.15, 0.2) is 0 Å². The predicted octanol–water partition coefficient (Wildman–Crippen LogP) is 5.79. The van der Waals surface area contributed by atoms with E-state index < -0.39 is 0 Å². The molecule has 0 spiro atoms. The van der Waals surface area contributed by atoms with E-state index in [2.05, 4.69) is 71.5 Å². The number of hydrogen-bond acceptors (Lipinski definition) is 4. The highest BCUT2D eigenvalue weighted by molar-refractivity contribution is 5.70. The average Bonchev–Trinajstić information content (AvgIpc) is 2.70. The summed E-state index contributed by atoms with van der Waals surface area (Å²) in [5.41, 5.74) is 6.29. The largest absolute Gasteiger partial charge is 0.363 e. The summed E-state index contributed by atoms with van der Waals surface area (Å²) < 4.78 is 0. The summed E-state index contributed by atoms with van der Waals surface area (Å²) in [6.45, 7) is 14.3. The Labute approximate surface area is 169 Å². The number of aromatic nitrogens is 2. The van der Waals surface area contributed by atoms with Crippen molar-refractivity contribution >= 4 is 17.6 Å². The standard InChI is InChI=1S/C24H30N4/c1-7-22-23(16-15-20(5)27-19(4)14-13-18(2)3)25-17-26-24(22)28(6)21-11-9-8-10-12-21/h7-14,17,27H,1,5,15-16H2,2-4,6H3/b19-14+. The number of anilines is 2. The number of para-hydroxylation sites is 1. The van der Waals surface area contributed by atoms with Gasteiger partial charge < -0.3 is 10.2 Å². The second kappa shape index (κ2) is 10.3. The minimum Gasteiger partial charge on any atom is -0.363 e. The molecule has 4 nitrogen and oxygen atoms in total. The van der Waals surface area contributed by atoms with Crippen LogP contribution in [0, 0.1) is 0 Å². The van der Waals surface area contributed by atoms with Crippen molar-refractivity contribution < 1.29 is 0 Å². The van der Waals surface area contributed by atoms with Gasteiger partial charge in [0.1, 0.15) is 12.1 Å². The van der Waals surface area contributed by atoms with E-state index >= 15 is 0 Å². The second-order valence-corrected chi connectivity index (χ2v) is 6.98. The maximum absolute atomic E-state index is 4.49. The fourth-order valence-corrected chi connectivity index (χ4v) is 2.81. The van der Waals surface area contributed by atoms with E-state index in [0.29, 0.717) is 0 Å². The summed E-state index contributed by atoms with van der Waals surface area (Å²) >= 11 is 0. The van der Waals surface area contributed by atoms with Crippen LogP contribution in [0.3, 0.4) is 0 Å². The monoisotopic (exact) mass is 374 g/mol. The van der Waals surface area contributed by atoms with Gasteiger partial charge in [0.05, 0.1) is 5.69 Å². The number of nitrogens with one attached hydrogen (secondary N) is 1. The molecule has 1 heterocycles. The van der Waals surface area contributed by atoms with Gasteiger partial charge in [-0.15, -0.1) is 0 Å². The van der Waals surface area contributed by atoms with Gasteiger partial charge in [0, 0.05) is 29.7 Å². The predicted molar refractivity (Wildman–Crippen MR) is 120 cm³/mol. The Morgan fingerprint density at radius 1 is 1.11 bits per heavy atom. The molecule has 0 amide bonds. The lowest BCUT2D eigenvalue weighted by Crippen LogP contribution is -2.15. The van der Waals surface area contributed by atoms with Crippen LogP contribution in [-0.4, -0.2) is 17.0 Å². The average molecular weight is 375 g/mol. The van der Waals surface area contributed by atoms with E-state index in [9.17, 15) is 0 Å². The topological polar surface area (TPSA) is 41.1 Å². The van der Waals surface area contributed by atoms with Crippen molar-refractivity contribution in [1.29, 1.82) is 0 Å². The minimum absolute atomic E-state index is 0.765. The fraction of sp³-hybridized carbons (Fsp3) is 0.250. The maximum atomic E-state index is 4.49. The molecule has 28 heavy (non-hydrogen) atoms. The zero-order chi connectivity index (χ0) is 20.5. The molecular weight excluding hydrogens is 344 g/mol. The van der Waals surface area contributed by atoms with Crippen LogP contribution < -0.4 is 10.2 Å². The smallest absolute Gasteiger partial charge is 0.143 e. The van der Waals surface area contributed by atoms with Crippen LogP contribution in [-0.2, 0) is 6.42 Å². The highest BCUT2D eigenvalue weighted by Crippen LogP contribution is 2.27. The first kappa shape index (κ1) is 21.2. The van der Waals surface area contributed by atoms with E-state index in [1.54, 1.807) is 6.33 Å². The zero-order valence-corrected chi connectivity index (χ0v) is 17.4. The Morgan fingerprint density at radius 3 is 2.46 bits per heavy atom. The summed E-state index contributed by atoms with van der Waals surface area (Å²) in [6.07, 6.45) is 9.15. The first-order valence-corrected chi connectivity index (χ1v) is 9.44. The molecule has 0 radical (unpaired) electrons. The maximum Gasteiger partial charge on any atom is 0.143 e. The Balaban J connectivity index is 2.12. The third kappa shape index (κ3) is 5.95. The third-order valence-electron chi connectivity index (χ3n) is 4.31. The molecule has 1 aromatic carbocycles. The molecule has 0 aliphatic carbocycles. The summed E-state index contributed by atoms with van der Waals surface area (Å²) in [4.78, 5) is 11.0. The van der Waals surface area contributed by atoms with Crippen molar-refractivity contribution in [2.24, 2.45) is 0 Å². The molecular formula is C24H30N4. The third-order valence-corrected chi connectivity index (χ3v) is 4.31. The highest BCUT2D eigenvalue weighted by Gasteiger charge is 2.14. The second-order valence-electron chi connectivity index (χ2n) is 6.98. The SMILES string of the molecule is C=Cc1c(CCC(=C)N/C(C)=C/C=C(C)C)ncnc1N(C)c1ccccc1. The van der Waals surface area contributed by atoms with Gasteiger partial charge in [-0.1, -0.05) is 49.1 Å². The van der Waals surface area contributed by atoms with Gasteiger partial charge in [0.2, 0.25) is 0 Å². The van der Waals surface area contributed by atoms with E-state index in [0.717, 1.165) is 47.0 Å². The lowest BCUT2D eigenvalue weighted by Gasteiger charge is -2.21. The van der Waals surface area contributed by atoms with Crippen molar-refractivity contribution in [3.05, 3.63) is 90.2 Å². The van der Waals surface area contributed by atoms with Crippen molar-refractivity contribution in [3.63, 3.8) is 0 Å². The molecule has 146 valence electrons. The molecule has 0 fully saturated rings. The van der Waals surface area contributed by atoms with Crippen LogP contribution >= 0.6 is 0 Å². The van der Waals surface area contributed by atoms with Gasteiger partial charge in [-0.2, -0.15) is 0 Å². The molecule has 1 N–H and O–H groups in total. The summed E-state index contributed by atoms with van der Waals surface area (Å²) in [5, 5.41) is 3.35. The zero-order valence-electron chi connectivity index (χ0n) is 17.4. The van der Waals surface area contributed by atoms with Crippen LogP contribution in [0.1, 0.15) is 38.4 Å². The minimum atomic E-state index is 0.765. The van der Waals surface area contributed by atoms with Crippen LogP contribution in [0.15, 0.2) is 78.9 Å². The Bertz CT molecular complexity index is 875. The van der Waals surface area contributed by atoms with Gasteiger partial charge in [-0.25, -0.2) is 9.97 Å². The Morgan fingerprint density at radius 2 is 1.82 bits per heavy atom. The number of nitrogens with zero attached hydrogens (tertiary/aromatic N) is 3. The number of hydrogen-bond donors (Lipinski definition) is 1. The van der Waals surface area contributed by atoms with E-state index in [4.69, 9.17) is 0 Å². The molecule has 0 atom stereocenters. The highest BCUT2D eigenvalue weighted by atomic mass is 15.2. The van der Waals surface area contributed by atoms with Crippen LogP contribution in [0.25, 0.3) is 6.08 Å². The molecule has 4 heteroatoms. The van der Waals surface area contributed by atoms with Crippen LogP contribution in [0.5, 0.6) is 0 Å². The molecule has 0 aliphatic heterocycles. The van der Waals surface area contributed by atoms with Crippen molar-refractivity contribution in [1.82, 2.24) is 15.3 Å². The molecule has 0 unspecified atom stereocenters. The van der Waals surface area contributed by atoms with Crippen LogP contribution in [0.4, 0.5) is 11.5 Å². The van der Waals surface area contributed by atoms with Crippen molar-refractivity contribution in [2.75, 3.05) is 11.9 Å². The normalized spacial score (nSPS) is 10.9. The van der Waals surface area contributed by atoms with E-state index in [1.165, 1.54) is 5.57 Å². The lowest BCUT2D eigenvalue weighted by molar-refractivity contribution is 0.813. The molecule has 0 aliphatic rings. The first-order valence-electron chi connectivity index (χ1n) is 9.44. The van der Waals surface area contributed by atoms with E-state index in [-0.39, 0.29) is 0 Å². The molecule has 0 bridgehead atoms. The number of benzene rings is 1. The molecule has 1 aromatic heterocycles. The molecule has 0 saturated carbocycles. The summed E-state index contributed by atoms with van der Waals surface area (Å²) in [5.74, 6) is 0.851. The van der Waals surface area contributed by atoms with Gasteiger partial charge in [-0.05, 0) is 51.8 Å². The molecule has 2 rings (SSSR count). The number of aryl methyl sites for hydroxylation is 1. The molecule has 0 saturated heterocycles. The quantitative estimate of drug-likeness (QED) is 0.564. The van der Waals surface area contributed by atoms with Gasteiger partial charge in [-0.3, -0.25) is 0 Å². The van der Waals surface area contributed by atoms with Crippen LogP contribution in [0.2, 0.25) is 0 Å². The van der Waals surface area contributed by atoms with Crippen molar-refractivity contribution in [2.45, 2.75) is 33.6 Å². The fourth-order valence-electron chi connectivity index (χ4n) is 2.81. The van der Waals surface area contributed by atoms with Gasteiger partial charge in [0.25, 0.3) is 0 Å². The Hall–Kier alpha value is -3.14. The number of allylic oxidation sites excluding steroid dienone is 5. The summed E-state index contributed by atoms with van der Waals surface area (Å²) in [7, 11) is 2.01. The number of rotatable bonds is 9. The van der Waals surface area contributed by atoms with E-state index in [1.807, 2.05) is 38.2 Å². The summed E-state index contributed by atoms with van der Waals surface area (Å²) in [6, 6.07) is 10.2. The Kier molecular flexibility index (Phi) is 7.76. The first-order chi connectivity index (χ1) is 13.4. The van der Waals surface area contributed by atoms with Gasteiger partial charge >= 0.3 is 0 Å².